The molecule has 0 atom stereocenters. The van der Waals surface area contributed by atoms with E-state index in [1.54, 1.807) is 19.2 Å². The highest BCUT2D eigenvalue weighted by Gasteiger charge is 2.53. The van der Waals surface area contributed by atoms with Crippen molar-refractivity contribution in [1.29, 1.82) is 0 Å². The van der Waals surface area contributed by atoms with Crippen LogP contribution in [0.25, 0.3) is 0 Å². The van der Waals surface area contributed by atoms with Gasteiger partial charge in [0, 0.05) is 13.6 Å². The molecule has 0 radical (unpaired) electrons. The Morgan fingerprint density at radius 2 is 2.05 bits per heavy atom. The van der Waals surface area contributed by atoms with Crippen LogP contribution in [0.4, 0.5) is 4.39 Å². The smallest absolute Gasteiger partial charge is 0.236 e. The minimum Gasteiger partial charge on any atom is -0.409 e. The van der Waals surface area contributed by atoms with Gasteiger partial charge in [0.1, 0.15) is 11.2 Å². The van der Waals surface area contributed by atoms with Gasteiger partial charge in [0.25, 0.3) is 0 Å². The van der Waals surface area contributed by atoms with Gasteiger partial charge in [-0.15, -0.1) is 0 Å². The van der Waals surface area contributed by atoms with Crippen LogP contribution in [0.2, 0.25) is 0 Å². The predicted octanol–water partition coefficient (Wildman–Crippen LogP) is 1.95. The lowest BCUT2D eigenvalue weighted by molar-refractivity contribution is -0.143. The van der Waals surface area contributed by atoms with Crippen molar-refractivity contribution < 1.29 is 14.4 Å². The summed E-state index contributed by atoms with van der Waals surface area (Å²) in [5.74, 6) is -0.140. The SMILES string of the molecule is CC1CC(C(=O)N(C)Cc2ccc(F)cc2)(/C(N)=N/O)C1. The van der Waals surface area contributed by atoms with Crippen molar-refractivity contribution in [3.05, 3.63) is 35.6 Å². The van der Waals surface area contributed by atoms with E-state index in [-0.39, 0.29) is 17.6 Å². The normalized spacial score (nSPS) is 25.3. The van der Waals surface area contributed by atoms with Gasteiger partial charge >= 0.3 is 0 Å². The Kier molecular flexibility index (Phi) is 4.16. The van der Waals surface area contributed by atoms with E-state index < -0.39 is 5.41 Å². The number of benzene rings is 1. The summed E-state index contributed by atoms with van der Waals surface area (Å²) in [4.78, 5) is 14.2. The highest BCUT2D eigenvalue weighted by molar-refractivity contribution is 6.07. The van der Waals surface area contributed by atoms with Crippen LogP contribution in [-0.4, -0.2) is 28.9 Å². The van der Waals surface area contributed by atoms with Crippen LogP contribution in [0.3, 0.4) is 0 Å². The van der Waals surface area contributed by atoms with E-state index in [4.69, 9.17) is 10.9 Å². The number of carbonyl (C=O) groups is 1. The number of amides is 1. The summed E-state index contributed by atoms with van der Waals surface area (Å²) in [5, 5.41) is 12.0. The molecule has 21 heavy (non-hydrogen) atoms. The zero-order chi connectivity index (χ0) is 15.6. The number of rotatable bonds is 4. The van der Waals surface area contributed by atoms with Crippen LogP contribution in [0.1, 0.15) is 25.3 Å². The molecule has 1 fully saturated rings. The molecular formula is C15H20FN3O2. The highest BCUT2D eigenvalue weighted by atomic mass is 19.1. The van der Waals surface area contributed by atoms with E-state index in [1.165, 1.54) is 17.0 Å². The molecule has 0 heterocycles. The number of hydrogen-bond acceptors (Lipinski definition) is 3. The number of amidine groups is 1. The Balaban J connectivity index is 2.12. The van der Waals surface area contributed by atoms with Crippen LogP contribution in [0, 0.1) is 17.2 Å². The zero-order valence-corrected chi connectivity index (χ0v) is 12.2. The van der Waals surface area contributed by atoms with Gasteiger partial charge in [-0.3, -0.25) is 4.79 Å². The summed E-state index contributed by atoms with van der Waals surface area (Å²) in [6, 6.07) is 5.99. The van der Waals surface area contributed by atoms with Crippen molar-refractivity contribution in [3.8, 4) is 0 Å². The molecule has 1 aliphatic rings. The zero-order valence-electron chi connectivity index (χ0n) is 12.2. The summed E-state index contributed by atoms with van der Waals surface area (Å²) in [5.41, 5.74) is 5.66. The molecule has 1 aliphatic carbocycles. The maximum atomic E-state index is 12.9. The first kappa shape index (κ1) is 15.3. The molecule has 0 bridgehead atoms. The van der Waals surface area contributed by atoms with Crippen LogP contribution in [0.5, 0.6) is 0 Å². The molecule has 0 saturated heterocycles. The Labute approximate surface area is 123 Å². The summed E-state index contributed by atoms with van der Waals surface area (Å²) >= 11 is 0. The lowest BCUT2D eigenvalue weighted by atomic mass is 9.61. The third-order valence-electron chi connectivity index (χ3n) is 4.08. The molecule has 0 aliphatic heterocycles. The van der Waals surface area contributed by atoms with Gasteiger partial charge in [0.2, 0.25) is 5.91 Å². The Bertz CT molecular complexity index is 551. The molecule has 0 spiro atoms. The van der Waals surface area contributed by atoms with Crippen molar-refractivity contribution in [1.82, 2.24) is 4.90 Å². The number of hydrogen-bond donors (Lipinski definition) is 2. The summed E-state index contributed by atoms with van der Waals surface area (Å²) < 4.78 is 12.9. The van der Waals surface area contributed by atoms with Crippen molar-refractivity contribution in [2.45, 2.75) is 26.3 Å². The summed E-state index contributed by atoms with van der Waals surface area (Å²) in [6.07, 6.45) is 1.16. The number of halogens is 1. The monoisotopic (exact) mass is 293 g/mol. The quantitative estimate of drug-likeness (QED) is 0.385. The fourth-order valence-corrected chi connectivity index (χ4v) is 3.02. The lowest BCUT2D eigenvalue weighted by Crippen LogP contribution is -2.56. The van der Waals surface area contributed by atoms with Crippen LogP contribution < -0.4 is 5.73 Å². The topological polar surface area (TPSA) is 78.9 Å². The van der Waals surface area contributed by atoms with Crippen molar-refractivity contribution in [2.24, 2.45) is 22.2 Å². The molecule has 0 aromatic heterocycles. The van der Waals surface area contributed by atoms with Gasteiger partial charge in [-0.25, -0.2) is 4.39 Å². The Morgan fingerprint density at radius 1 is 1.48 bits per heavy atom. The number of oxime groups is 1. The Hall–Kier alpha value is -2.11. The molecule has 1 saturated carbocycles. The van der Waals surface area contributed by atoms with E-state index in [9.17, 15) is 9.18 Å². The van der Waals surface area contributed by atoms with E-state index >= 15 is 0 Å². The van der Waals surface area contributed by atoms with E-state index in [0.717, 1.165) is 5.56 Å². The van der Waals surface area contributed by atoms with Gasteiger partial charge in [-0.1, -0.05) is 24.2 Å². The number of nitrogens with two attached hydrogens (primary N) is 1. The fourth-order valence-electron chi connectivity index (χ4n) is 3.02. The third-order valence-corrected chi connectivity index (χ3v) is 4.08. The molecule has 2 rings (SSSR count). The Morgan fingerprint density at radius 3 is 2.52 bits per heavy atom. The summed E-state index contributed by atoms with van der Waals surface area (Å²) in [6.45, 7) is 2.38. The highest BCUT2D eigenvalue weighted by Crippen LogP contribution is 2.47. The van der Waals surface area contributed by atoms with Crippen molar-refractivity contribution in [3.63, 3.8) is 0 Å². The van der Waals surface area contributed by atoms with Crippen LogP contribution in [0.15, 0.2) is 29.4 Å². The number of nitrogens with zero attached hydrogens (tertiary/aromatic N) is 2. The van der Waals surface area contributed by atoms with Gasteiger partial charge in [-0.2, -0.15) is 0 Å². The first-order valence-corrected chi connectivity index (χ1v) is 6.87. The molecule has 3 N–H and O–H groups in total. The molecule has 1 amide bonds. The van der Waals surface area contributed by atoms with Gasteiger partial charge in [-0.05, 0) is 36.5 Å². The van der Waals surface area contributed by atoms with Crippen molar-refractivity contribution >= 4 is 11.7 Å². The number of carbonyl (C=O) groups excluding carboxylic acids is 1. The standard InChI is InChI=1S/C15H20FN3O2/c1-10-7-15(8-10,13(17)18-21)14(20)19(2)9-11-3-5-12(16)6-4-11/h3-6,10,21H,7-9H2,1-2H3,(H2,17,18). The minimum absolute atomic E-state index is 0.0310. The molecule has 0 unspecified atom stereocenters. The van der Waals surface area contributed by atoms with Gasteiger partial charge in [0.15, 0.2) is 5.84 Å². The maximum Gasteiger partial charge on any atom is 0.236 e. The molecule has 1 aromatic rings. The second kappa shape index (κ2) is 5.71. The average Bonchev–Trinajstić information content (AvgIpc) is 2.44. The third kappa shape index (κ3) is 2.84. The second-order valence-corrected chi connectivity index (χ2v) is 5.87. The van der Waals surface area contributed by atoms with E-state index in [1.807, 2.05) is 6.92 Å². The average molecular weight is 293 g/mol. The van der Waals surface area contributed by atoms with Gasteiger partial charge in [0.05, 0.1) is 0 Å². The first-order chi connectivity index (χ1) is 9.89. The second-order valence-electron chi connectivity index (χ2n) is 5.87. The van der Waals surface area contributed by atoms with Crippen LogP contribution >= 0.6 is 0 Å². The fraction of sp³-hybridized carbons (Fsp3) is 0.467. The largest absolute Gasteiger partial charge is 0.409 e. The van der Waals surface area contributed by atoms with Gasteiger partial charge < -0.3 is 15.8 Å². The molecule has 5 nitrogen and oxygen atoms in total. The summed E-state index contributed by atoms with van der Waals surface area (Å²) in [7, 11) is 1.67. The minimum atomic E-state index is -0.900. The predicted molar refractivity (Wildman–Crippen MR) is 77.1 cm³/mol. The van der Waals surface area contributed by atoms with E-state index in [0.29, 0.717) is 25.3 Å². The molecule has 6 heteroatoms. The van der Waals surface area contributed by atoms with E-state index in [2.05, 4.69) is 5.16 Å². The molecular weight excluding hydrogens is 273 g/mol. The lowest BCUT2D eigenvalue weighted by Gasteiger charge is -2.45. The molecule has 114 valence electrons. The maximum absolute atomic E-state index is 12.9. The first-order valence-electron chi connectivity index (χ1n) is 6.87. The molecule has 1 aromatic carbocycles. The van der Waals surface area contributed by atoms with Crippen LogP contribution in [-0.2, 0) is 11.3 Å². The van der Waals surface area contributed by atoms with Crippen molar-refractivity contribution in [2.75, 3.05) is 7.05 Å².